The monoisotopic (exact) mass is 229 g/mol. The molecule has 88 valence electrons. The highest BCUT2D eigenvalue weighted by Crippen LogP contribution is 2.03. The number of halogens is 1. The third-order valence-corrected chi connectivity index (χ3v) is 2.68. The summed E-state index contributed by atoms with van der Waals surface area (Å²) >= 11 is 0. The smallest absolute Gasteiger partial charge is 0.325 e. The van der Waals surface area contributed by atoms with Gasteiger partial charge < -0.3 is 4.48 Å². The topological polar surface area (TPSA) is 60.2 Å². The molecule has 4 nitrogen and oxygen atoms in total. The summed E-state index contributed by atoms with van der Waals surface area (Å²) in [6.45, 7) is 14.2. The van der Waals surface area contributed by atoms with Crippen molar-refractivity contribution in [2.45, 2.75) is 27.7 Å². The predicted octanol–water partition coefficient (Wildman–Crippen LogP) is 1.04. The molecule has 0 aliphatic carbocycles. The highest BCUT2D eigenvalue weighted by molar-refractivity contribution is 7.83. The molecule has 0 rings (SSSR count). The molecule has 0 amide bonds. The van der Waals surface area contributed by atoms with Gasteiger partial charge in [-0.05, 0) is 27.7 Å². The Kier molecular flexibility index (Phi) is 8.28. The fraction of sp³-hybridized carbons (Fsp3) is 1.00. The van der Waals surface area contributed by atoms with E-state index in [0.717, 1.165) is 0 Å². The lowest BCUT2D eigenvalue weighted by Crippen LogP contribution is -2.47. The Morgan fingerprint density at radius 3 is 1.14 bits per heavy atom. The molecule has 6 heteroatoms. The number of nitrogens with two attached hydrogens (primary N) is 1. The SMILES string of the molecule is CC[N+](CC)(CC)CC.NS(=O)(=O)F. The van der Waals surface area contributed by atoms with Gasteiger partial charge in [-0.25, -0.2) is 5.14 Å². The molecule has 0 fully saturated rings. The van der Waals surface area contributed by atoms with Gasteiger partial charge in [0.1, 0.15) is 0 Å². The van der Waals surface area contributed by atoms with Crippen molar-refractivity contribution in [3.8, 4) is 0 Å². The molecule has 2 N–H and O–H groups in total. The molecule has 0 saturated heterocycles. The Balaban J connectivity index is 0. The van der Waals surface area contributed by atoms with Crippen molar-refractivity contribution >= 4 is 10.4 Å². The zero-order valence-corrected chi connectivity index (χ0v) is 10.3. The van der Waals surface area contributed by atoms with E-state index in [0.29, 0.717) is 0 Å². The quantitative estimate of drug-likeness (QED) is 0.578. The molecule has 0 aliphatic rings. The van der Waals surface area contributed by atoms with Crippen molar-refractivity contribution in [1.29, 1.82) is 0 Å². The molecule has 0 saturated carbocycles. The molecule has 0 bridgehead atoms. The maximum absolute atomic E-state index is 10.4. The van der Waals surface area contributed by atoms with Crippen LogP contribution in [-0.2, 0) is 10.4 Å². The number of hydrogen-bond acceptors (Lipinski definition) is 2. The summed E-state index contributed by atoms with van der Waals surface area (Å²) in [4.78, 5) is 0. The van der Waals surface area contributed by atoms with E-state index in [1.54, 1.807) is 0 Å². The van der Waals surface area contributed by atoms with Crippen LogP contribution in [0, 0.1) is 0 Å². The number of quaternary nitrogens is 1. The van der Waals surface area contributed by atoms with Crippen molar-refractivity contribution in [2.75, 3.05) is 26.2 Å². The van der Waals surface area contributed by atoms with E-state index in [1.807, 2.05) is 0 Å². The van der Waals surface area contributed by atoms with Gasteiger partial charge in [0.2, 0.25) is 0 Å². The van der Waals surface area contributed by atoms with Crippen molar-refractivity contribution in [3.05, 3.63) is 0 Å². The first-order chi connectivity index (χ1) is 6.24. The number of nitrogens with zero attached hydrogens (tertiary/aromatic N) is 1. The van der Waals surface area contributed by atoms with Crippen LogP contribution in [-0.4, -0.2) is 39.1 Å². The maximum Gasteiger partial charge on any atom is 0.369 e. The van der Waals surface area contributed by atoms with E-state index in [1.165, 1.54) is 30.7 Å². The van der Waals surface area contributed by atoms with Crippen LogP contribution in [0.5, 0.6) is 0 Å². The van der Waals surface area contributed by atoms with E-state index >= 15 is 0 Å². The molecule has 0 aliphatic heterocycles. The van der Waals surface area contributed by atoms with Gasteiger partial charge in [0.25, 0.3) is 0 Å². The van der Waals surface area contributed by atoms with Crippen LogP contribution in [0.1, 0.15) is 27.7 Å². The van der Waals surface area contributed by atoms with E-state index < -0.39 is 10.4 Å². The molecule has 0 aromatic heterocycles. The Morgan fingerprint density at radius 1 is 1.00 bits per heavy atom. The van der Waals surface area contributed by atoms with E-state index in [2.05, 4.69) is 32.8 Å². The average Bonchev–Trinajstić information content (AvgIpc) is 2.07. The van der Waals surface area contributed by atoms with Gasteiger partial charge in [0, 0.05) is 0 Å². The first-order valence-corrected chi connectivity index (χ1v) is 6.26. The minimum Gasteiger partial charge on any atom is -0.325 e. The molecule has 0 aromatic carbocycles. The molecule has 0 spiro atoms. The minimum absolute atomic E-state index is 1.28. The fourth-order valence-corrected chi connectivity index (χ4v) is 1.34. The van der Waals surface area contributed by atoms with Crippen molar-refractivity contribution in [3.63, 3.8) is 0 Å². The number of hydrogen-bond donors (Lipinski definition) is 1. The highest BCUT2D eigenvalue weighted by Gasteiger charge is 2.16. The lowest BCUT2D eigenvalue weighted by Gasteiger charge is -2.34. The van der Waals surface area contributed by atoms with Crippen LogP contribution in [0.3, 0.4) is 0 Å². The molecular formula is C8H22FN2O2S+. The van der Waals surface area contributed by atoms with Gasteiger partial charge in [-0.2, -0.15) is 8.42 Å². The maximum atomic E-state index is 10.4. The van der Waals surface area contributed by atoms with Gasteiger partial charge in [0.05, 0.1) is 26.2 Å². The molecule has 0 atom stereocenters. The Hall–Kier alpha value is -0.200. The van der Waals surface area contributed by atoms with Gasteiger partial charge in [-0.15, -0.1) is 0 Å². The zero-order valence-electron chi connectivity index (χ0n) is 9.46. The summed E-state index contributed by atoms with van der Waals surface area (Å²) in [7, 11) is -4.67. The lowest BCUT2D eigenvalue weighted by atomic mass is 10.3. The molecule has 14 heavy (non-hydrogen) atoms. The third kappa shape index (κ3) is 9.88. The van der Waals surface area contributed by atoms with Crippen LogP contribution >= 0.6 is 0 Å². The summed E-state index contributed by atoms with van der Waals surface area (Å²) in [5, 5.41) is 3.66. The van der Waals surface area contributed by atoms with Crippen LogP contribution < -0.4 is 5.14 Å². The van der Waals surface area contributed by atoms with Gasteiger partial charge in [0.15, 0.2) is 0 Å². The Bertz CT molecular complexity index is 200. The predicted molar refractivity (Wildman–Crippen MR) is 56.6 cm³/mol. The van der Waals surface area contributed by atoms with Crippen molar-refractivity contribution in [2.24, 2.45) is 5.14 Å². The fourth-order valence-electron chi connectivity index (χ4n) is 1.34. The molecule has 0 unspecified atom stereocenters. The second kappa shape index (κ2) is 7.14. The summed E-state index contributed by atoms with van der Waals surface area (Å²) < 4.78 is 29.2. The molecule has 0 aromatic rings. The second-order valence-electron chi connectivity index (χ2n) is 3.08. The van der Waals surface area contributed by atoms with E-state index in [9.17, 15) is 3.89 Å². The summed E-state index contributed by atoms with van der Waals surface area (Å²) in [6, 6.07) is 0. The first-order valence-electron chi connectivity index (χ1n) is 4.82. The second-order valence-corrected chi connectivity index (χ2v) is 4.03. The largest absolute Gasteiger partial charge is 0.369 e. The van der Waals surface area contributed by atoms with Crippen molar-refractivity contribution < 1.29 is 16.8 Å². The number of rotatable bonds is 4. The molecule has 0 radical (unpaired) electrons. The molecular weight excluding hydrogens is 207 g/mol. The van der Waals surface area contributed by atoms with Gasteiger partial charge in [-0.3, -0.25) is 0 Å². The third-order valence-electron chi connectivity index (χ3n) is 2.68. The lowest BCUT2D eigenvalue weighted by molar-refractivity contribution is -0.921. The Morgan fingerprint density at radius 2 is 1.14 bits per heavy atom. The van der Waals surface area contributed by atoms with Gasteiger partial charge >= 0.3 is 10.4 Å². The van der Waals surface area contributed by atoms with Crippen molar-refractivity contribution in [1.82, 2.24) is 0 Å². The molecule has 0 heterocycles. The highest BCUT2D eigenvalue weighted by atomic mass is 32.3. The van der Waals surface area contributed by atoms with Gasteiger partial charge in [-0.1, -0.05) is 3.89 Å². The summed E-state index contributed by atoms with van der Waals surface area (Å²) in [6.07, 6.45) is 0. The van der Waals surface area contributed by atoms with E-state index in [-0.39, 0.29) is 0 Å². The van der Waals surface area contributed by atoms with Crippen LogP contribution in [0.25, 0.3) is 0 Å². The average molecular weight is 229 g/mol. The normalized spacial score (nSPS) is 11.9. The van der Waals surface area contributed by atoms with Crippen LogP contribution in [0.2, 0.25) is 0 Å². The summed E-state index contributed by atoms with van der Waals surface area (Å²) in [5.41, 5.74) is 0. The standard InChI is InChI=1S/C8H20N.FH2NO2S/c1-5-9(6-2,7-3)8-4;1-5(2,3)4/h5-8H2,1-4H3;(H2,2,3,4)/q+1;. The first kappa shape index (κ1) is 16.2. The Labute approximate surface area is 86.8 Å². The zero-order chi connectivity index (χ0) is 11.8. The van der Waals surface area contributed by atoms with E-state index in [4.69, 9.17) is 8.42 Å². The minimum atomic E-state index is -4.67. The van der Waals surface area contributed by atoms with Crippen LogP contribution in [0.15, 0.2) is 0 Å². The summed E-state index contributed by atoms with van der Waals surface area (Å²) in [5.74, 6) is 0. The van der Waals surface area contributed by atoms with Crippen LogP contribution in [0.4, 0.5) is 3.89 Å².